The number of fused-ring (bicyclic) bond motifs is 1. The molecule has 1 aromatic carbocycles. The van der Waals surface area contributed by atoms with Crippen LogP contribution in [0.2, 0.25) is 0 Å². The lowest BCUT2D eigenvalue weighted by Gasteiger charge is -2.18. The zero-order valence-corrected chi connectivity index (χ0v) is 16.5. The Hall–Kier alpha value is -3.42. The molecule has 0 amide bonds. The largest absolute Gasteiger partial charge is 0.357 e. The van der Waals surface area contributed by atoms with Gasteiger partial charge in [-0.25, -0.2) is 19.0 Å². The second-order valence-electron chi connectivity index (χ2n) is 6.82. The van der Waals surface area contributed by atoms with Crippen LogP contribution in [0.25, 0.3) is 11.2 Å². The highest BCUT2D eigenvalue weighted by Crippen LogP contribution is 2.22. The molecule has 7 nitrogen and oxygen atoms in total. The van der Waals surface area contributed by atoms with Crippen molar-refractivity contribution in [2.75, 3.05) is 18.5 Å². The van der Waals surface area contributed by atoms with Crippen molar-refractivity contribution in [2.24, 2.45) is 0 Å². The minimum absolute atomic E-state index is 0.264. The molecule has 4 rings (SSSR count). The fraction of sp³-hybridized carbons (Fsp3) is 0.286. The molecule has 0 aliphatic carbocycles. The SMILES string of the molecule is CCc1nc(N(C)CCc2ccccn2)c2nnn(Cc3ccccc3F)c2n1. The van der Waals surface area contributed by atoms with Gasteiger partial charge in [0.25, 0.3) is 0 Å². The molecule has 29 heavy (non-hydrogen) atoms. The van der Waals surface area contributed by atoms with Crippen LogP contribution in [0.3, 0.4) is 0 Å². The number of pyridine rings is 1. The summed E-state index contributed by atoms with van der Waals surface area (Å²) in [5.74, 6) is 1.16. The topological polar surface area (TPSA) is 72.6 Å². The van der Waals surface area contributed by atoms with E-state index in [0.29, 0.717) is 29.0 Å². The van der Waals surface area contributed by atoms with Crippen LogP contribution in [-0.2, 0) is 19.4 Å². The molecular formula is C21H22FN7. The van der Waals surface area contributed by atoms with Gasteiger partial charge in [-0.3, -0.25) is 4.98 Å². The van der Waals surface area contributed by atoms with Crippen LogP contribution in [-0.4, -0.2) is 43.5 Å². The van der Waals surface area contributed by atoms with Gasteiger partial charge in [0.2, 0.25) is 0 Å². The lowest BCUT2D eigenvalue weighted by molar-refractivity contribution is 0.581. The number of halogens is 1. The van der Waals surface area contributed by atoms with Crippen LogP contribution in [0.15, 0.2) is 48.7 Å². The summed E-state index contributed by atoms with van der Waals surface area (Å²) in [4.78, 5) is 15.7. The maximum Gasteiger partial charge on any atom is 0.184 e. The Morgan fingerprint density at radius 1 is 1.07 bits per heavy atom. The molecule has 3 aromatic heterocycles. The molecule has 8 heteroatoms. The second-order valence-corrected chi connectivity index (χ2v) is 6.82. The molecule has 3 heterocycles. The zero-order valence-electron chi connectivity index (χ0n) is 16.5. The third-order valence-electron chi connectivity index (χ3n) is 4.78. The van der Waals surface area contributed by atoms with Crippen molar-refractivity contribution in [3.8, 4) is 0 Å². The van der Waals surface area contributed by atoms with Crippen LogP contribution in [0, 0.1) is 5.82 Å². The summed E-state index contributed by atoms with van der Waals surface area (Å²) in [6.07, 6.45) is 3.26. The maximum absolute atomic E-state index is 14.1. The molecule has 0 aliphatic rings. The highest BCUT2D eigenvalue weighted by molar-refractivity contribution is 5.82. The summed E-state index contributed by atoms with van der Waals surface area (Å²) in [6, 6.07) is 12.6. The zero-order chi connectivity index (χ0) is 20.2. The predicted octanol–water partition coefficient (Wildman–Crippen LogP) is 3.05. The third kappa shape index (κ3) is 4.06. The number of nitrogens with zero attached hydrogens (tertiary/aromatic N) is 7. The molecule has 0 saturated heterocycles. The summed E-state index contributed by atoms with van der Waals surface area (Å²) < 4.78 is 15.7. The van der Waals surface area contributed by atoms with E-state index in [0.717, 1.165) is 24.5 Å². The van der Waals surface area contributed by atoms with E-state index < -0.39 is 0 Å². The molecule has 0 atom stereocenters. The van der Waals surface area contributed by atoms with Crippen molar-refractivity contribution < 1.29 is 4.39 Å². The van der Waals surface area contributed by atoms with E-state index in [1.165, 1.54) is 6.07 Å². The Morgan fingerprint density at radius 2 is 1.90 bits per heavy atom. The molecule has 0 saturated carbocycles. The number of hydrogen-bond acceptors (Lipinski definition) is 6. The highest BCUT2D eigenvalue weighted by Gasteiger charge is 2.18. The van der Waals surface area contributed by atoms with Crippen molar-refractivity contribution in [1.29, 1.82) is 0 Å². The van der Waals surface area contributed by atoms with E-state index in [-0.39, 0.29) is 12.4 Å². The van der Waals surface area contributed by atoms with Gasteiger partial charge >= 0.3 is 0 Å². The van der Waals surface area contributed by atoms with Gasteiger partial charge in [0.15, 0.2) is 17.0 Å². The first kappa shape index (κ1) is 18.9. The third-order valence-corrected chi connectivity index (χ3v) is 4.78. The average molecular weight is 391 g/mol. The van der Waals surface area contributed by atoms with E-state index in [9.17, 15) is 4.39 Å². The number of rotatable bonds is 7. The lowest BCUT2D eigenvalue weighted by Crippen LogP contribution is -2.23. The molecule has 0 aliphatic heterocycles. The van der Waals surface area contributed by atoms with Crippen LogP contribution in [0.5, 0.6) is 0 Å². The van der Waals surface area contributed by atoms with Crippen molar-refractivity contribution in [3.63, 3.8) is 0 Å². The van der Waals surface area contributed by atoms with Gasteiger partial charge < -0.3 is 4.90 Å². The van der Waals surface area contributed by atoms with Crippen molar-refractivity contribution in [2.45, 2.75) is 26.3 Å². The van der Waals surface area contributed by atoms with Crippen molar-refractivity contribution in [3.05, 3.63) is 71.6 Å². The second kappa shape index (κ2) is 8.30. The van der Waals surface area contributed by atoms with Crippen LogP contribution in [0.4, 0.5) is 10.2 Å². The van der Waals surface area contributed by atoms with Gasteiger partial charge in [-0.05, 0) is 18.2 Å². The molecule has 0 radical (unpaired) electrons. The lowest BCUT2D eigenvalue weighted by atomic mass is 10.2. The number of anilines is 1. The highest BCUT2D eigenvalue weighted by atomic mass is 19.1. The first-order valence-corrected chi connectivity index (χ1v) is 9.60. The molecule has 148 valence electrons. The Balaban J connectivity index is 1.65. The standard InChI is InChI=1S/C21H22FN7/c1-3-18-24-20(28(2)13-11-16-9-6-7-12-23-16)19-21(25-18)29(27-26-19)14-15-8-4-5-10-17(15)22/h4-10,12H,3,11,13-14H2,1-2H3. The molecule has 4 aromatic rings. The van der Waals surface area contributed by atoms with Gasteiger partial charge in [-0.15, -0.1) is 5.10 Å². The Kier molecular flexibility index (Phi) is 5.41. The number of likely N-dealkylation sites (N-methyl/N-ethyl adjacent to an activating group) is 1. The fourth-order valence-electron chi connectivity index (χ4n) is 3.14. The Morgan fingerprint density at radius 3 is 2.66 bits per heavy atom. The van der Waals surface area contributed by atoms with Crippen molar-refractivity contribution in [1.82, 2.24) is 29.9 Å². The normalized spacial score (nSPS) is 11.1. The van der Waals surface area contributed by atoms with Gasteiger partial charge in [0.05, 0.1) is 6.54 Å². The van der Waals surface area contributed by atoms with Crippen LogP contribution >= 0.6 is 0 Å². The van der Waals surface area contributed by atoms with Gasteiger partial charge in [0, 0.05) is 43.9 Å². The first-order valence-electron chi connectivity index (χ1n) is 9.60. The van der Waals surface area contributed by atoms with E-state index in [2.05, 4.69) is 25.3 Å². The maximum atomic E-state index is 14.1. The van der Waals surface area contributed by atoms with Gasteiger partial charge in [0.1, 0.15) is 11.6 Å². The molecule has 0 bridgehead atoms. The van der Waals surface area contributed by atoms with E-state index in [1.807, 2.05) is 37.1 Å². The number of benzene rings is 1. The van der Waals surface area contributed by atoms with E-state index in [1.54, 1.807) is 29.1 Å². The quantitative estimate of drug-likeness (QED) is 0.482. The first-order chi connectivity index (χ1) is 14.2. The van der Waals surface area contributed by atoms with Gasteiger partial charge in [-0.1, -0.05) is 36.4 Å². The van der Waals surface area contributed by atoms with E-state index in [4.69, 9.17) is 0 Å². The average Bonchev–Trinajstić information content (AvgIpc) is 3.16. The minimum atomic E-state index is -0.270. The van der Waals surface area contributed by atoms with Crippen LogP contribution in [0.1, 0.15) is 24.0 Å². The molecule has 0 N–H and O–H groups in total. The number of hydrogen-bond donors (Lipinski definition) is 0. The summed E-state index contributed by atoms with van der Waals surface area (Å²) in [5, 5.41) is 8.53. The minimum Gasteiger partial charge on any atom is -0.357 e. The molecule has 0 unspecified atom stereocenters. The summed E-state index contributed by atoms with van der Waals surface area (Å²) in [7, 11) is 1.97. The Bertz CT molecular complexity index is 1110. The summed E-state index contributed by atoms with van der Waals surface area (Å²) in [5.41, 5.74) is 2.78. The molecule has 0 fully saturated rings. The molecule has 0 spiro atoms. The fourth-order valence-corrected chi connectivity index (χ4v) is 3.14. The predicted molar refractivity (Wildman–Crippen MR) is 109 cm³/mol. The number of aromatic nitrogens is 6. The Labute approximate surface area is 168 Å². The van der Waals surface area contributed by atoms with Crippen LogP contribution < -0.4 is 4.90 Å². The van der Waals surface area contributed by atoms with Gasteiger partial charge in [-0.2, -0.15) is 0 Å². The molecular weight excluding hydrogens is 369 g/mol. The smallest absolute Gasteiger partial charge is 0.184 e. The summed E-state index contributed by atoms with van der Waals surface area (Å²) >= 11 is 0. The van der Waals surface area contributed by atoms with Crippen molar-refractivity contribution >= 4 is 17.0 Å². The monoisotopic (exact) mass is 391 g/mol. The summed E-state index contributed by atoms with van der Waals surface area (Å²) in [6.45, 7) is 3.00. The number of aryl methyl sites for hydroxylation is 1. The van der Waals surface area contributed by atoms with E-state index >= 15 is 0 Å².